The maximum atomic E-state index is 12.4. The van der Waals surface area contributed by atoms with Crippen molar-refractivity contribution < 1.29 is 14.7 Å². The van der Waals surface area contributed by atoms with Crippen LogP contribution in [0.1, 0.15) is 43.0 Å². The second-order valence-corrected chi connectivity index (χ2v) is 6.82. The number of benzene rings is 1. The van der Waals surface area contributed by atoms with Crippen LogP contribution in [-0.4, -0.2) is 22.5 Å². The Morgan fingerprint density at radius 1 is 1.43 bits per heavy atom. The van der Waals surface area contributed by atoms with Gasteiger partial charge >= 0.3 is 5.97 Å². The fraction of sp³-hybridized carbons (Fsp3) is 0.467. The van der Waals surface area contributed by atoms with E-state index in [1.165, 1.54) is 0 Å². The third-order valence-corrected chi connectivity index (χ3v) is 5.00. The maximum absolute atomic E-state index is 12.4. The number of aliphatic carboxylic acids is 1. The van der Waals surface area contributed by atoms with E-state index in [9.17, 15) is 14.7 Å². The molecule has 1 aromatic carbocycles. The van der Waals surface area contributed by atoms with E-state index in [1.807, 2.05) is 6.92 Å². The molecule has 2 rings (SSSR count). The molecule has 1 saturated carbocycles. The van der Waals surface area contributed by atoms with Crippen LogP contribution in [0.5, 0.6) is 0 Å². The van der Waals surface area contributed by atoms with E-state index in [0.717, 1.165) is 23.7 Å². The van der Waals surface area contributed by atoms with Crippen LogP contribution in [0, 0.1) is 5.92 Å². The predicted octanol–water partition coefficient (Wildman–Crippen LogP) is 3.87. The third-order valence-electron chi connectivity index (χ3n) is 4.19. The molecule has 0 spiro atoms. The minimum atomic E-state index is -1.20. The summed E-state index contributed by atoms with van der Waals surface area (Å²) in [4.78, 5) is 24.2. The number of carbonyl (C=O) groups is 2. The van der Waals surface area contributed by atoms with Crippen LogP contribution < -0.4 is 5.32 Å². The van der Waals surface area contributed by atoms with E-state index in [2.05, 4.69) is 21.2 Å². The highest BCUT2D eigenvalue weighted by atomic mass is 79.9. The van der Waals surface area contributed by atoms with E-state index in [1.54, 1.807) is 18.2 Å². The normalized spacial score (nSPS) is 25.4. The molecule has 21 heavy (non-hydrogen) atoms. The van der Waals surface area contributed by atoms with Gasteiger partial charge in [-0.15, -0.1) is 0 Å². The summed E-state index contributed by atoms with van der Waals surface area (Å²) in [6.45, 7) is 1.87. The molecule has 1 aromatic rings. The Kier molecular flexibility index (Phi) is 4.94. The lowest BCUT2D eigenvalue weighted by atomic mass is 9.73. The lowest BCUT2D eigenvalue weighted by molar-refractivity contribution is -0.148. The number of amides is 1. The van der Waals surface area contributed by atoms with E-state index in [0.29, 0.717) is 17.0 Å². The average molecular weight is 375 g/mol. The molecule has 1 aliphatic rings. The molecule has 1 aliphatic carbocycles. The molecule has 0 radical (unpaired) electrons. The van der Waals surface area contributed by atoms with Gasteiger partial charge in [0.2, 0.25) is 0 Å². The first-order valence-electron chi connectivity index (χ1n) is 6.88. The van der Waals surface area contributed by atoms with Gasteiger partial charge in [0.25, 0.3) is 5.91 Å². The SMILES string of the molecule is CC1CCCCC1(NC(=O)c1ccc(Br)cc1Cl)C(=O)O. The summed E-state index contributed by atoms with van der Waals surface area (Å²) < 4.78 is 0.767. The first kappa shape index (κ1) is 16.3. The number of carboxylic acid groups (broad SMARTS) is 1. The van der Waals surface area contributed by atoms with Crippen molar-refractivity contribution in [2.24, 2.45) is 5.92 Å². The largest absolute Gasteiger partial charge is 0.479 e. The Morgan fingerprint density at radius 2 is 2.14 bits per heavy atom. The zero-order valence-corrected chi connectivity index (χ0v) is 14.0. The standard InChI is InChI=1S/C15H17BrClNO3/c1-9-4-2-3-7-15(9,14(20)21)18-13(19)11-6-5-10(16)8-12(11)17/h5-6,8-9H,2-4,7H2,1H3,(H,18,19)(H,20,21). The first-order valence-corrected chi connectivity index (χ1v) is 8.05. The highest BCUT2D eigenvalue weighted by molar-refractivity contribution is 9.10. The zero-order chi connectivity index (χ0) is 15.6. The molecule has 6 heteroatoms. The molecule has 0 aromatic heterocycles. The summed E-state index contributed by atoms with van der Waals surface area (Å²) in [5.74, 6) is -1.53. The van der Waals surface area contributed by atoms with Gasteiger partial charge in [-0.1, -0.05) is 47.3 Å². The minimum absolute atomic E-state index is 0.109. The van der Waals surface area contributed by atoms with Gasteiger partial charge < -0.3 is 10.4 Å². The Labute approximate surface area is 137 Å². The Bertz CT molecular complexity index is 578. The van der Waals surface area contributed by atoms with Crippen molar-refractivity contribution in [3.63, 3.8) is 0 Å². The molecule has 0 bridgehead atoms. The van der Waals surface area contributed by atoms with Gasteiger partial charge in [0.15, 0.2) is 0 Å². The van der Waals surface area contributed by atoms with Crippen molar-refractivity contribution in [1.29, 1.82) is 0 Å². The number of halogens is 2. The molecule has 2 N–H and O–H groups in total. The van der Waals surface area contributed by atoms with Crippen LogP contribution in [-0.2, 0) is 4.79 Å². The smallest absolute Gasteiger partial charge is 0.329 e. The molecular weight excluding hydrogens is 358 g/mol. The van der Waals surface area contributed by atoms with Crippen LogP contribution in [0.15, 0.2) is 22.7 Å². The lowest BCUT2D eigenvalue weighted by Gasteiger charge is -2.39. The van der Waals surface area contributed by atoms with Gasteiger partial charge in [-0.2, -0.15) is 0 Å². The number of carboxylic acids is 1. The fourth-order valence-electron chi connectivity index (χ4n) is 2.85. The molecule has 2 unspecified atom stereocenters. The van der Waals surface area contributed by atoms with Gasteiger partial charge in [0.05, 0.1) is 10.6 Å². The van der Waals surface area contributed by atoms with Crippen LogP contribution >= 0.6 is 27.5 Å². The second-order valence-electron chi connectivity index (χ2n) is 5.50. The highest BCUT2D eigenvalue weighted by Gasteiger charge is 2.46. The molecule has 0 saturated heterocycles. The van der Waals surface area contributed by atoms with Crippen LogP contribution in [0.2, 0.25) is 5.02 Å². The van der Waals surface area contributed by atoms with Crippen molar-refractivity contribution in [2.45, 2.75) is 38.1 Å². The number of rotatable bonds is 3. The average Bonchev–Trinajstić information content (AvgIpc) is 2.41. The zero-order valence-electron chi connectivity index (χ0n) is 11.7. The summed E-state index contributed by atoms with van der Waals surface area (Å²) in [5, 5.41) is 12.6. The summed E-state index contributed by atoms with van der Waals surface area (Å²) in [7, 11) is 0. The van der Waals surface area contributed by atoms with Gasteiger partial charge in [-0.05, 0) is 37.0 Å². The quantitative estimate of drug-likeness (QED) is 0.844. The van der Waals surface area contributed by atoms with E-state index < -0.39 is 17.4 Å². The van der Waals surface area contributed by atoms with E-state index in [-0.39, 0.29) is 5.92 Å². The lowest BCUT2D eigenvalue weighted by Crippen LogP contribution is -2.60. The second kappa shape index (κ2) is 6.36. The van der Waals surface area contributed by atoms with E-state index in [4.69, 9.17) is 11.6 Å². The molecule has 0 aliphatic heterocycles. The molecular formula is C15H17BrClNO3. The van der Waals surface area contributed by atoms with Gasteiger partial charge in [0, 0.05) is 4.47 Å². The minimum Gasteiger partial charge on any atom is -0.479 e. The number of carbonyl (C=O) groups excluding carboxylic acids is 1. The van der Waals surface area contributed by atoms with Crippen molar-refractivity contribution in [3.05, 3.63) is 33.3 Å². The Morgan fingerprint density at radius 3 is 2.71 bits per heavy atom. The van der Waals surface area contributed by atoms with Gasteiger partial charge in [-0.3, -0.25) is 4.79 Å². The Balaban J connectivity index is 2.28. The summed E-state index contributed by atoms with van der Waals surface area (Å²) in [5.41, 5.74) is -0.913. The maximum Gasteiger partial charge on any atom is 0.329 e. The number of hydrogen-bond donors (Lipinski definition) is 2. The van der Waals surface area contributed by atoms with E-state index >= 15 is 0 Å². The molecule has 114 valence electrons. The molecule has 1 amide bonds. The van der Waals surface area contributed by atoms with Crippen molar-refractivity contribution in [1.82, 2.24) is 5.32 Å². The summed E-state index contributed by atoms with van der Waals surface area (Å²) in [6.07, 6.45) is 3.03. The monoisotopic (exact) mass is 373 g/mol. The molecule has 1 fully saturated rings. The summed E-state index contributed by atoms with van der Waals surface area (Å²) >= 11 is 9.34. The van der Waals surface area contributed by atoms with Crippen molar-refractivity contribution in [2.75, 3.05) is 0 Å². The van der Waals surface area contributed by atoms with Crippen molar-refractivity contribution >= 4 is 39.4 Å². The first-order chi connectivity index (χ1) is 9.86. The summed E-state index contributed by atoms with van der Waals surface area (Å²) in [6, 6.07) is 4.91. The van der Waals surface area contributed by atoms with Crippen LogP contribution in [0.25, 0.3) is 0 Å². The molecule has 2 atom stereocenters. The predicted molar refractivity (Wildman–Crippen MR) is 84.6 cm³/mol. The molecule has 4 nitrogen and oxygen atoms in total. The molecule has 0 heterocycles. The van der Waals surface area contributed by atoms with Crippen LogP contribution in [0.4, 0.5) is 0 Å². The topological polar surface area (TPSA) is 66.4 Å². The van der Waals surface area contributed by atoms with Crippen LogP contribution in [0.3, 0.4) is 0 Å². The van der Waals surface area contributed by atoms with Gasteiger partial charge in [-0.25, -0.2) is 4.79 Å². The third kappa shape index (κ3) is 3.24. The number of nitrogens with one attached hydrogen (secondary N) is 1. The van der Waals surface area contributed by atoms with Gasteiger partial charge in [0.1, 0.15) is 5.54 Å². The number of hydrogen-bond acceptors (Lipinski definition) is 2. The highest BCUT2D eigenvalue weighted by Crippen LogP contribution is 2.34. The fourth-order valence-corrected chi connectivity index (χ4v) is 3.61. The Hall–Kier alpha value is -1.07. The van der Waals surface area contributed by atoms with Crippen molar-refractivity contribution in [3.8, 4) is 0 Å².